The van der Waals surface area contributed by atoms with Crippen molar-refractivity contribution in [2.24, 2.45) is 5.92 Å². The van der Waals surface area contributed by atoms with E-state index in [2.05, 4.69) is 24.0 Å². The van der Waals surface area contributed by atoms with E-state index in [0.29, 0.717) is 12.5 Å². The number of aryl methyl sites for hydroxylation is 1. The van der Waals surface area contributed by atoms with E-state index in [9.17, 15) is 4.79 Å². The van der Waals surface area contributed by atoms with Crippen LogP contribution < -0.4 is 0 Å². The lowest BCUT2D eigenvalue weighted by atomic mass is 10.1. The monoisotopic (exact) mass is 326 g/mol. The Morgan fingerprint density at radius 3 is 2.74 bits per heavy atom. The van der Waals surface area contributed by atoms with Crippen molar-refractivity contribution in [3.8, 4) is 0 Å². The highest BCUT2D eigenvalue weighted by Crippen LogP contribution is 2.35. The Morgan fingerprint density at radius 1 is 1.39 bits per heavy atom. The van der Waals surface area contributed by atoms with Gasteiger partial charge in [-0.2, -0.15) is 0 Å². The van der Waals surface area contributed by atoms with Crippen LogP contribution in [0, 0.1) is 12.8 Å². The molecule has 1 fully saturated rings. The van der Waals surface area contributed by atoms with E-state index in [1.807, 2.05) is 41.5 Å². The van der Waals surface area contributed by atoms with Gasteiger partial charge in [0.15, 0.2) is 0 Å². The highest BCUT2D eigenvalue weighted by Gasteiger charge is 2.33. The molecule has 1 saturated carbocycles. The normalized spacial score (nSPS) is 15.7. The molecule has 1 unspecified atom stereocenters. The average Bonchev–Trinajstić information content (AvgIpc) is 3.33. The van der Waals surface area contributed by atoms with Crippen LogP contribution in [0.1, 0.15) is 36.0 Å². The Labute approximate surface area is 141 Å². The van der Waals surface area contributed by atoms with E-state index >= 15 is 0 Å². The van der Waals surface area contributed by atoms with Crippen LogP contribution in [-0.2, 0) is 11.3 Å². The van der Waals surface area contributed by atoms with Gasteiger partial charge in [0.2, 0.25) is 5.91 Å². The number of carbonyl (C=O) groups excluding carboxylic acids is 1. The van der Waals surface area contributed by atoms with E-state index < -0.39 is 0 Å². The van der Waals surface area contributed by atoms with E-state index in [1.165, 1.54) is 18.4 Å². The number of aromatic nitrogens is 1. The summed E-state index contributed by atoms with van der Waals surface area (Å²) < 4.78 is 0. The van der Waals surface area contributed by atoms with Crippen molar-refractivity contribution < 1.29 is 4.79 Å². The standard InChI is InChI=1S/C19H22N2OS/c1-14(17-8-9-17)21(12-16-6-4-3-5-7-16)19(22)11-10-18-13-23-15(2)20-18/h3-7,10-11,13-14,17H,8-9,12H2,1-2H3/b11-10+. The molecule has 0 aliphatic heterocycles. The highest BCUT2D eigenvalue weighted by molar-refractivity contribution is 7.09. The third-order valence-electron chi connectivity index (χ3n) is 4.31. The predicted octanol–water partition coefficient (Wildman–Crippen LogP) is 4.29. The van der Waals surface area contributed by atoms with Gasteiger partial charge < -0.3 is 4.90 Å². The number of carbonyl (C=O) groups is 1. The molecular weight excluding hydrogens is 304 g/mol. The number of thiazole rings is 1. The number of benzene rings is 1. The summed E-state index contributed by atoms with van der Waals surface area (Å²) >= 11 is 1.60. The summed E-state index contributed by atoms with van der Waals surface area (Å²) in [6.45, 7) is 4.80. The fourth-order valence-electron chi connectivity index (χ4n) is 2.74. The Balaban J connectivity index is 1.74. The van der Waals surface area contributed by atoms with Crippen LogP contribution >= 0.6 is 11.3 Å². The minimum atomic E-state index is 0.0684. The first-order chi connectivity index (χ1) is 11.1. The molecule has 1 aromatic carbocycles. The van der Waals surface area contributed by atoms with Gasteiger partial charge in [-0.05, 0) is 44.2 Å². The Morgan fingerprint density at radius 2 is 2.13 bits per heavy atom. The van der Waals surface area contributed by atoms with Crippen LogP contribution in [-0.4, -0.2) is 21.8 Å². The van der Waals surface area contributed by atoms with Crippen molar-refractivity contribution in [3.05, 3.63) is 58.1 Å². The van der Waals surface area contributed by atoms with Gasteiger partial charge in [-0.25, -0.2) is 4.98 Å². The Kier molecular flexibility index (Phi) is 4.91. The maximum Gasteiger partial charge on any atom is 0.247 e. The maximum atomic E-state index is 12.7. The summed E-state index contributed by atoms with van der Waals surface area (Å²) in [4.78, 5) is 19.1. The molecule has 120 valence electrons. The molecular formula is C19H22N2OS. The lowest BCUT2D eigenvalue weighted by molar-refractivity contribution is -0.129. The first kappa shape index (κ1) is 15.9. The summed E-state index contributed by atoms with van der Waals surface area (Å²) in [7, 11) is 0. The van der Waals surface area contributed by atoms with Crippen molar-refractivity contribution in [3.63, 3.8) is 0 Å². The molecule has 4 heteroatoms. The second-order valence-electron chi connectivity index (χ2n) is 6.15. The van der Waals surface area contributed by atoms with Crippen molar-refractivity contribution in [1.82, 2.24) is 9.88 Å². The zero-order valence-corrected chi connectivity index (χ0v) is 14.4. The summed E-state index contributed by atoms with van der Waals surface area (Å²) in [6, 6.07) is 10.5. The zero-order chi connectivity index (χ0) is 16.2. The molecule has 1 aliphatic rings. The van der Waals surface area contributed by atoms with Gasteiger partial charge in [0.1, 0.15) is 0 Å². The molecule has 0 spiro atoms. The molecule has 3 rings (SSSR count). The van der Waals surface area contributed by atoms with Crippen molar-refractivity contribution in [2.45, 2.75) is 39.3 Å². The molecule has 1 aromatic heterocycles. The quantitative estimate of drug-likeness (QED) is 0.742. The molecule has 1 atom stereocenters. The maximum absolute atomic E-state index is 12.7. The minimum absolute atomic E-state index is 0.0684. The van der Waals surface area contributed by atoms with Gasteiger partial charge in [-0.3, -0.25) is 4.79 Å². The minimum Gasteiger partial charge on any atom is -0.332 e. The van der Waals surface area contributed by atoms with Gasteiger partial charge in [0.25, 0.3) is 0 Å². The fraction of sp³-hybridized carbons (Fsp3) is 0.368. The molecule has 23 heavy (non-hydrogen) atoms. The molecule has 0 N–H and O–H groups in total. The van der Waals surface area contributed by atoms with Crippen molar-refractivity contribution >= 4 is 23.3 Å². The van der Waals surface area contributed by atoms with Crippen LogP contribution in [0.5, 0.6) is 0 Å². The first-order valence-electron chi connectivity index (χ1n) is 8.08. The van der Waals surface area contributed by atoms with E-state index in [0.717, 1.165) is 10.7 Å². The zero-order valence-electron chi connectivity index (χ0n) is 13.6. The topological polar surface area (TPSA) is 33.2 Å². The summed E-state index contributed by atoms with van der Waals surface area (Å²) in [5.74, 6) is 0.719. The summed E-state index contributed by atoms with van der Waals surface area (Å²) in [5, 5.41) is 3.00. The van der Waals surface area contributed by atoms with Crippen LogP contribution in [0.15, 0.2) is 41.8 Å². The smallest absolute Gasteiger partial charge is 0.247 e. The van der Waals surface area contributed by atoms with Crippen LogP contribution in [0.4, 0.5) is 0 Å². The second-order valence-corrected chi connectivity index (χ2v) is 7.22. The Bertz CT molecular complexity index is 688. The number of hydrogen-bond acceptors (Lipinski definition) is 3. The van der Waals surface area contributed by atoms with E-state index in [4.69, 9.17) is 0 Å². The highest BCUT2D eigenvalue weighted by atomic mass is 32.1. The molecule has 0 saturated heterocycles. The fourth-order valence-corrected chi connectivity index (χ4v) is 3.33. The van der Waals surface area contributed by atoms with Gasteiger partial charge in [0.05, 0.1) is 10.7 Å². The Hall–Kier alpha value is -1.94. The third-order valence-corrected chi connectivity index (χ3v) is 5.10. The van der Waals surface area contributed by atoms with Gasteiger partial charge in [0, 0.05) is 24.0 Å². The molecule has 0 bridgehead atoms. The average molecular weight is 326 g/mol. The number of hydrogen-bond donors (Lipinski definition) is 0. The molecule has 3 nitrogen and oxygen atoms in total. The number of nitrogens with zero attached hydrogens (tertiary/aromatic N) is 2. The van der Waals surface area contributed by atoms with Crippen LogP contribution in [0.2, 0.25) is 0 Å². The van der Waals surface area contributed by atoms with Gasteiger partial charge >= 0.3 is 0 Å². The van der Waals surface area contributed by atoms with Crippen molar-refractivity contribution in [1.29, 1.82) is 0 Å². The van der Waals surface area contributed by atoms with E-state index in [1.54, 1.807) is 17.4 Å². The molecule has 1 amide bonds. The number of rotatable bonds is 6. The van der Waals surface area contributed by atoms with E-state index in [-0.39, 0.29) is 11.9 Å². The summed E-state index contributed by atoms with van der Waals surface area (Å²) in [5.41, 5.74) is 2.03. The molecule has 0 radical (unpaired) electrons. The lowest BCUT2D eigenvalue weighted by Crippen LogP contribution is -2.38. The number of amides is 1. The second kappa shape index (κ2) is 7.09. The largest absolute Gasteiger partial charge is 0.332 e. The van der Waals surface area contributed by atoms with Crippen LogP contribution in [0.25, 0.3) is 6.08 Å². The molecule has 1 heterocycles. The SMILES string of the molecule is Cc1nc(/C=C/C(=O)N(Cc2ccccc2)C(C)C2CC2)cs1. The third kappa shape index (κ3) is 4.29. The van der Waals surface area contributed by atoms with Gasteiger partial charge in [-0.15, -0.1) is 11.3 Å². The predicted molar refractivity (Wildman–Crippen MR) is 95.1 cm³/mol. The summed E-state index contributed by atoms with van der Waals surface area (Å²) in [6.07, 6.45) is 5.95. The van der Waals surface area contributed by atoms with Gasteiger partial charge in [-0.1, -0.05) is 30.3 Å². The van der Waals surface area contributed by atoms with Crippen LogP contribution in [0.3, 0.4) is 0 Å². The van der Waals surface area contributed by atoms with Crippen molar-refractivity contribution in [2.75, 3.05) is 0 Å². The molecule has 2 aromatic rings. The lowest BCUT2D eigenvalue weighted by Gasteiger charge is -2.28. The molecule has 1 aliphatic carbocycles. The first-order valence-corrected chi connectivity index (χ1v) is 8.96.